The molecule has 2 fully saturated rings. The van der Waals surface area contributed by atoms with Gasteiger partial charge in [0.05, 0.1) is 16.4 Å². The SMILES string of the molecule is O=C(c1cc(-c2ccco2)[nH]n1)N1C2CCC1CC(S(=O)(=O)c1ccccc1)C2. The van der Waals surface area contributed by atoms with Crippen molar-refractivity contribution in [1.82, 2.24) is 15.1 Å². The van der Waals surface area contributed by atoms with Gasteiger partial charge in [0.1, 0.15) is 5.69 Å². The van der Waals surface area contributed by atoms with Crippen molar-refractivity contribution in [1.29, 1.82) is 0 Å². The molecule has 1 amide bonds. The number of rotatable bonds is 4. The van der Waals surface area contributed by atoms with E-state index < -0.39 is 15.1 Å². The van der Waals surface area contributed by atoms with E-state index in [4.69, 9.17) is 4.42 Å². The van der Waals surface area contributed by atoms with E-state index in [1.165, 1.54) is 0 Å². The van der Waals surface area contributed by atoms with Gasteiger partial charge in [-0.3, -0.25) is 9.89 Å². The van der Waals surface area contributed by atoms with Crippen molar-refractivity contribution >= 4 is 15.7 Å². The summed E-state index contributed by atoms with van der Waals surface area (Å²) >= 11 is 0. The lowest BCUT2D eigenvalue weighted by Crippen LogP contribution is -2.49. The van der Waals surface area contributed by atoms with E-state index in [0.29, 0.717) is 34.9 Å². The molecule has 0 spiro atoms. The summed E-state index contributed by atoms with van der Waals surface area (Å²) in [6.07, 6.45) is 4.15. The van der Waals surface area contributed by atoms with Crippen LogP contribution in [0.3, 0.4) is 0 Å². The van der Waals surface area contributed by atoms with Crippen molar-refractivity contribution in [2.45, 2.75) is 47.9 Å². The second-order valence-electron chi connectivity index (χ2n) is 7.69. The van der Waals surface area contributed by atoms with E-state index in [2.05, 4.69) is 10.2 Å². The van der Waals surface area contributed by atoms with Gasteiger partial charge in [-0.2, -0.15) is 5.10 Å². The first kappa shape index (κ1) is 18.2. The smallest absolute Gasteiger partial charge is 0.274 e. The second kappa shape index (κ2) is 6.88. The lowest BCUT2D eigenvalue weighted by atomic mass is 10.0. The van der Waals surface area contributed by atoms with Gasteiger partial charge in [0, 0.05) is 18.2 Å². The third kappa shape index (κ3) is 3.07. The monoisotopic (exact) mass is 411 g/mol. The average Bonchev–Trinajstić information content (AvgIpc) is 3.47. The minimum absolute atomic E-state index is 0.0755. The molecule has 2 saturated heterocycles. The summed E-state index contributed by atoms with van der Waals surface area (Å²) in [5.74, 6) is 0.467. The zero-order valence-corrected chi connectivity index (χ0v) is 16.5. The topological polar surface area (TPSA) is 96.3 Å². The van der Waals surface area contributed by atoms with Crippen LogP contribution in [0.4, 0.5) is 0 Å². The highest BCUT2D eigenvalue weighted by Crippen LogP contribution is 2.40. The van der Waals surface area contributed by atoms with E-state index in [0.717, 1.165) is 12.8 Å². The van der Waals surface area contributed by atoms with Crippen molar-refractivity contribution in [2.75, 3.05) is 0 Å². The minimum Gasteiger partial charge on any atom is -0.463 e. The van der Waals surface area contributed by atoms with Crippen LogP contribution in [0.25, 0.3) is 11.5 Å². The molecule has 150 valence electrons. The number of fused-ring (bicyclic) bond motifs is 2. The number of nitrogens with zero attached hydrogens (tertiary/aromatic N) is 2. The van der Waals surface area contributed by atoms with E-state index >= 15 is 0 Å². The average molecular weight is 411 g/mol. The first-order chi connectivity index (χ1) is 14.0. The highest BCUT2D eigenvalue weighted by molar-refractivity contribution is 7.92. The van der Waals surface area contributed by atoms with E-state index in [1.807, 2.05) is 11.0 Å². The van der Waals surface area contributed by atoms with Gasteiger partial charge in [-0.1, -0.05) is 18.2 Å². The Labute approximate surface area is 168 Å². The van der Waals surface area contributed by atoms with Gasteiger partial charge >= 0.3 is 0 Å². The molecule has 0 radical (unpaired) electrons. The van der Waals surface area contributed by atoms with Crippen molar-refractivity contribution in [3.05, 3.63) is 60.5 Å². The molecule has 8 heteroatoms. The Morgan fingerprint density at radius 1 is 1.07 bits per heavy atom. The number of furan rings is 1. The standard InChI is InChI=1S/C21H21N3O4S/c25-21(19-13-18(22-23-19)20-7-4-10-28-20)24-14-8-9-15(24)12-17(11-14)29(26,27)16-5-2-1-3-6-16/h1-7,10,13-15,17H,8-9,11-12H2,(H,22,23). The molecule has 1 aromatic carbocycles. The molecule has 2 atom stereocenters. The molecule has 2 aromatic heterocycles. The van der Waals surface area contributed by atoms with Gasteiger partial charge in [0.2, 0.25) is 0 Å². The first-order valence-electron chi connectivity index (χ1n) is 9.75. The summed E-state index contributed by atoms with van der Waals surface area (Å²) in [6, 6.07) is 13.7. The summed E-state index contributed by atoms with van der Waals surface area (Å²) in [6.45, 7) is 0. The number of benzene rings is 1. The number of hydrogen-bond acceptors (Lipinski definition) is 5. The summed E-state index contributed by atoms with van der Waals surface area (Å²) in [4.78, 5) is 15.3. The normalized spacial score (nSPS) is 24.0. The molecular formula is C21H21N3O4S. The summed E-state index contributed by atoms with van der Waals surface area (Å²) in [5, 5.41) is 6.56. The number of hydrogen-bond donors (Lipinski definition) is 1. The van der Waals surface area contributed by atoms with Crippen LogP contribution in [0, 0.1) is 0 Å². The number of nitrogens with one attached hydrogen (secondary N) is 1. The largest absolute Gasteiger partial charge is 0.463 e. The molecule has 0 aliphatic carbocycles. The number of amides is 1. The van der Waals surface area contributed by atoms with Gasteiger partial charge in [0.15, 0.2) is 21.3 Å². The highest BCUT2D eigenvalue weighted by Gasteiger charge is 2.47. The number of carbonyl (C=O) groups is 1. The quantitative estimate of drug-likeness (QED) is 0.711. The number of aromatic nitrogens is 2. The number of piperidine rings is 1. The second-order valence-corrected chi connectivity index (χ2v) is 9.92. The van der Waals surface area contributed by atoms with Gasteiger partial charge < -0.3 is 9.32 Å². The van der Waals surface area contributed by atoms with E-state index in [9.17, 15) is 13.2 Å². The molecule has 1 N–H and O–H groups in total. The van der Waals surface area contributed by atoms with Crippen LogP contribution in [0.2, 0.25) is 0 Å². The molecule has 5 rings (SSSR count). The maximum Gasteiger partial charge on any atom is 0.274 e. The summed E-state index contributed by atoms with van der Waals surface area (Å²) in [7, 11) is -3.40. The Bertz CT molecular complexity index is 1110. The Kier molecular flexibility index (Phi) is 4.31. The zero-order valence-electron chi connectivity index (χ0n) is 15.7. The fraction of sp³-hybridized carbons (Fsp3) is 0.333. The summed E-state index contributed by atoms with van der Waals surface area (Å²) in [5.41, 5.74) is 0.977. The van der Waals surface area contributed by atoms with Gasteiger partial charge in [-0.15, -0.1) is 0 Å². The molecule has 29 heavy (non-hydrogen) atoms. The van der Waals surface area contributed by atoms with Crippen LogP contribution in [0.15, 0.2) is 64.1 Å². The van der Waals surface area contributed by atoms with Crippen LogP contribution in [-0.2, 0) is 9.84 Å². The van der Waals surface area contributed by atoms with Crippen LogP contribution in [-0.4, -0.2) is 46.8 Å². The molecule has 7 nitrogen and oxygen atoms in total. The van der Waals surface area contributed by atoms with Crippen molar-refractivity contribution in [2.24, 2.45) is 0 Å². The molecular weight excluding hydrogens is 390 g/mol. The van der Waals surface area contributed by atoms with Gasteiger partial charge in [-0.25, -0.2) is 8.42 Å². The van der Waals surface area contributed by atoms with E-state index in [-0.39, 0.29) is 18.0 Å². The van der Waals surface area contributed by atoms with Crippen LogP contribution >= 0.6 is 0 Å². The van der Waals surface area contributed by atoms with Crippen LogP contribution in [0.5, 0.6) is 0 Å². The van der Waals surface area contributed by atoms with Crippen molar-refractivity contribution in [3.63, 3.8) is 0 Å². The molecule has 2 aliphatic heterocycles. The number of aromatic amines is 1. The van der Waals surface area contributed by atoms with Crippen molar-refractivity contribution in [3.8, 4) is 11.5 Å². The third-order valence-corrected chi connectivity index (χ3v) is 8.21. The Hall–Kier alpha value is -2.87. The molecule has 3 aromatic rings. The predicted octanol–water partition coefficient (Wildman–Crippen LogP) is 3.28. The molecule has 2 unspecified atom stereocenters. The third-order valence-electron chi connectivity index (χ3n) is 6.02. The number of H-pyrrole nitrogens is 1. The number of sulfone groups is 1. The highest BCUT2D eigenvalue weighted by atomic mass is 32.2. The Morgan fingerprint density at radius 2 is 1.79 bits per heavy atom. The summed E-state index contributed by atoms with van der Waals surface area (Å²) < 4.78 is 31.5. The maximum absolute atomic E-state index is 13.1. The van der Waals surface area contributed by atoms with Crippen molar-refractivity contribution < 1.29 is 17.6 Å². The Morgan fingerprint density at radius 3 is 2.45 bits per heavy atom. The molecule has 2 aliphatic rings. The maximum atomic E-state index is 13.1. The first-order valence-corrected chi connectivity index (χ1v) is 11.3. The van der Waals surface area contributed by atoms with Gasteiger partial charge in [-0.05, 0) is 49.9 Å². The van der Waals surface area contributed by atoms with E-state index in [1.54, 1.807) is 48.7 Å². The molecule has 4 heterocycles. The fourth-order valence-corrected chi connectivity index (χ4v) is 6.51. The minimum atomic E-state index is -3.40. The van der Waals surface area contributed by atoms with Gasteiger partial charge in [0.25, 0.3) is 5.91 Å². The lowest BCUT2D eigenvalue weighted by molar-refractivity contribution is 0.0592. The Balaban J connectivity index is 1.36. The molecule has 0 saturated carbocycles. The molecule has 2 bridgehead atoms. The number of carbonyl (C=O) groups excluding carboxylic acids is 1. The van der Waals surface area contributed by atoms with Crippen LogP contribution in [0.1, 0.15) is 36.2 Å². The zero-order chi connectivity index (χ0) is 20.0. The lowest BCUT2D eigenvalue weighted by Gasteiger charge is -2.38. The predicted molar refractivity (Wildman–Crippen MR) is 106 cm³/mol. The van der Waals surface area contributed by atoms with Crippen LogP contribution < -0.4 is 0 Å². The fourth-order valence-electron chi connectivity index (χ4n) is 4.64.